The molecule has 0 N–H and O–H groups in total. The summed E-state index contributed by atoms with van der Waals surface area (Å²) in [5, 5.41) is 8.16. The molecule has 0 radical (unpaired) electrons. The third kappa shape index (κ3) is 3.87. The first-order chi connectivity index (χ1) is 13.0. The van der Waals surface area contributed by atoms with Gasteiger partial charge in [0, 0.05) is 40.6 Å². The lowest BCUT2D eigenvalue weighted by atomic mass is 10.2. The number of rotatable bonds is 3. The van der Waals surface area contributed by atoms with Gasteiger partial charge in [0.15, 0.2) is 0 Å². The van der Waals surface area contributed by atoms with Gasteiger partial charge in [0.25, 0.3) is 5.91 Å². The summed E-state index contributed by atoms with van der Waals surface area (Å²) in [6, 6.07) is 7.14. The Morgan fingerprint density at radius 2 is 1.96 bits per heavy atom. The Balaban J connectivity index is 1.68. The molecular weight excluding hydrogens is 423 g/mol. The number of amides is 1. The lowest BCUT2D eigenvalue weighted by molar-refractivity contribution is 0.0763. The number of hydrogen-bond acceptors (Lipinski definition) is 5. The zero-order chi connectivity index (χ0) is 19.0. The molecule has 1 amide bonds. The summed E-state index contributed by atoms with van der Waals surface area (Å²) in [7, 11) is 0. The molecule has 0 unspecified atom stereocenters. The summed E-state index contributed by atoms with van der Waals surface area (Å²) in [5.41, 5.74) is 2.86. The average Bonchev–Trinajstić information content (AvgIpc) is 3.28. The molecule has 140 valence electrons. The summed E-state index contributed by atoms with van der Waals surface area (Å²) in [5.74, 6) is 1.93. The molecule has 1 aromatic carbocycles. The molecule has 0 spiro atoms. The molecule has 27 heavy (non-hydrogen) atoms. The van der Waals surface area contributed by atoms with Crippen LogP contribution in [0.5, 0.6) is 0 Å². The highest BCUT2D eigenvalue weighted by molar-refractivity contribution is 7.99. The van der Waals surface area contributed by atoms with Crippen LogP contribution < -0.4 is 0 Å². The van der Waals surface area contributed by atoms with E-state index >= 15 is 0 Å². The van der Waals surface area contributed by atoms with E-state index in [9.17, 15) is 4.79 Å². The summed E-state index contributed by atoms with van der Waals surface area (Å²) < 4.78 is 1.64. The lowest BCUT2D eigenvalue weighted by Gasteiger charge is -2.26. The maximum Gasteiger partial charge on any atom is 0.272 e. The van der Waals surface area contributed by atoms with Gasteiger partial charge in [-0.05, 0) is 31.2 Å². The van der Waals surface area contributed by atoms with Crippen molar-refractivity contribution in [2.45, 2.75) is 6.92 Å². The van der Waals surface area contributed by atoms with Crippen LogP contribution in [-0.2, 0) is 0 Å². The molecular formula is C18H16Cl2N4OS2. The summed E-state index contributed by atoms with van der Waals surface area (Å²) >= 11 is 15.6. The number of nitrogens with zero attached hydrogens (tertiary/aromatic N) is 4. The van der Waals surface area contributed by atoms with E-state index in [0.717, 1.165) is 41.5 Å². The van der Waals surface area contributed by atoms with Crippen LogP contribution >= 0.6 is 46.3 Å². The van der Waals surface area contributed by atoms with E-state index in [2.05, 4.69) is 10.1 Å². The Kier molecular flexibility index (Phi) is 5.45. The first-order valence-corrected chi connectivity index (χ1v) is 11.2. The molecule has 0 bridgehead atoms. The van der Waals surface area contributed by atoms with Gasteiger partial charge < -0.3 is 4.90 Å². The molecule has 1 fully saturated rings. The number of halogens is 2. The van der Waals surface area contributed by atoms with Crippen molar-refractivity contribution in [1.82, 2.24) is 19.7 Å². The standard InChI is InChI=1S/C18H16Cl2N4OS2/c1-11-8-16(17(25)23-4-6-26-7-5-23)24(22-11)18-21-15(10-27-18)13-3-2-12(19)9-14(13)20/h2-3,8-10H,4-7H2,1H3. The summed E-state index contributed by atoms with van der Waals surface area (Å²) in [6.45, 7) is 3.40. The highest BCUT2D eigenvalue weighted by atomic mass is 35.5. The SMILES string of the molecule is Cc1cc(C(=O)N2CCSCC2)n(-c2nc(-c3ccc(Cl)cc3Cl)cs2)n1. The Morgan fingerprint density at radius 3 is 2.70 bits per heavy atom. The number of benzene rings is 1. The van der Waals surface area contributed by atoms with E-state index in [4.69, 9.17) is 23.2 Å². The van der Waals surface area contributed by atoms with Gasteiger partial charge in [0.2, 0.25) is 5.13 Å². The van der Waals surface area contributed by atoms with Crippen LogP contribution in [0.15, 0.2) is 29.6 Å². The minimum Gasteiger partial charge on any atom is -0.336 e. The molecule has 0 saturated carbocycles. The fourth-order valence-corrected chi connectivity index (χ4v) is 5.10. The zero-order valence-corrected chi connectivity index (χ0v) is 17.6. The van der Waals surface area contributed by atoms with Gasteiger partial charge in [-0.3, -0.25) is 4.79 Å². The van der Waals surface area contributed by atoms with Crippen LogP contribution in [0.1, 0.15) is 16.2 Å². The van der Waals surface area contributed by atoms with Crippen LogP contribution in [0, 0.1) is 6.92 Å². The van der Waals surface area contributed by atoms with Gasteiger partial charge >= 0.3 is 0 Å². The Bertz CT molecular complexity index is 995. The minimum atomic E-state index is -0.00262. The zero-order valence-electron chi connectivity index (χ0n) is 14.5. The maximum atomic E-state index is 13.0. The van der Waals surface area contributed by atoms with Gasteiger partial charge in [-0.25, -0.2) is 9.67 Å². The quantitative estimate of drug-likeness (QED) is 0.588. The second kappa shape index (κ2) is 7.83. The lowest BCUT2D eigenvalue weighted by Crippen LogP contribution is -2.38. The monoisotopic (exact) mass is 438 g/mol. The van der Waals surface area contributed by atoms with Crippen molar-refractivity contribution in [2.75, 3.05) is 24.6 Å². The van der Waals surface area contributed by atoms with Crippen LogP contribution in [0.2, 0.25) is 10.0 Å². The van der Waals surface area contributed by atoms with Crippen LogP contribution in [0.25, 0.3) is 16.4 Å². The van der Waals surface area contributed by atoms with Gasteiger partial charge in [-0.2, -0.15) is 16.9 Å². The van der Waals surface area contributed by atoms with Crippen molar-refractivity contribution in [3.8, 4) is 16.4 Å². The molecule has 4 rings (SSSR count). The molecule has 5 nitrogen and oxygen atoms in total. The number of thioether (sulfide) groups is 1. The minimum absolute atomic E-state index is 0.00262. The van der Waals surface area contributed by atoms with Crippen LogP contribution in [0.3, 0.4) is 0 Å². The Morgan fingerprint density at radius 1 is 1.19 bits per heavy atom. The third-order valence-corrected chi connectivity index (χ3v) is 6.54. The van der Waals surface area contributed by atoms with Gasteiger partial charge in [0.1, 0.15) is 5.69 Å². The van der Waals surface area contributed by atoms with E-state index in [-0.39, 0.29) is 5.91 Å². The van der Waals surface area contributed by atoms with Gasteiger partial charge in [-0.1, -0.05) is 23.2 Å². The first kappa shape index (κ1) is 18.8. The third-order valence-electron chi connectivity index (χ3n) is 4.23. The van der Waals surface area contributed by atoms with Crippen molar-refractivity contribution in [1.29, 1.82) is 0 Å². The van der Waals surface area contributed by atoms with Crippen molar-refractivity contribution < 1.29 is 4.79 Å². The number of carbonyl (C=O) groups is 1. The topological polar surface area (TPSA) is 51.0 Å². The van der Waals surface area contributed by atoms with Gasteiger partial charge in [0.05, 0.1) is 16.4 Å². The molecule has 2 aromatic heterocycles. The number of thiazole rings is 1. The molecule has 1 aliphatic heterocycles. The largest absolute Gasteiger partial charge is 0.336 e. The molecule has 1 aliphatic rings. The maximum absolute atomic E-state index is 13.0. The van der Waals surface area contributed by atoms with Gasteiger partial charge in [-0.15, -0.1) is 11.3 Å². The first-order valence-electron chi connectivity index (χ1n) is 8.38. The average molecular weight is 439 g/mol. The normalized spacial score (nSPS) is 14.6. The molecule has 3 aromatic rings. The fraction of sp³-hybridized carbons (Fsp3) is 0.278. The molecule has 9 heteroatoms. The second-order valence-electron chi connectivity index (χ2n) is 6.13. The van der Waals surface area contributed by atoms with E-state index < -0.39 is 0 Å². The molecule has 3 heterocycles. The molecule has 0 aliphatic carbocycles. The van der Waals surface area contributed by atoms with E-state index in [1.54, 1.807) is 16.8 Å². The Labute approximate surface area is 175 Å². The Hall–Kier alpha value is -1.54. The molecule has 1 saturated heterocycles. The highest BCUT2D eigenvalue weighted by Gasteiger charge is 2.24. The van der Waals surface area contributed by atoms with E-state index in [0.29, 0.717) is 20.9 Å². The number of aryl methyl sites for hydroxylation is 1. The van der Waals surface area contributed by atoms with E-state index in [1.165, 1.54) is 11.3 Å². The van der Waals surface area contributed by atoms with Crippen molar-refractivity contribution >= 4 is 52.2 Å². The predicted octanol–water partition coefficient (Wildman–Crippen LogP) is 4.80. The smallest absolute Gasteiger partial charge is 0.272 e. The van der Waals surface area contributed by atoms with Crippen LogP contribution in [0.4, 0.5) is 0 Å². The number of hydrogen-bond donors (Lipinski definition) is 0. The highest BCUT2D eigenvalue weighted by Crippen LogP contribution is 2.32. The fourth-order valence-electron chi connectivity index (χ4n) is 2.91. The van der Waals surface area contributed by atoms with Crippen molar-refractivity contribution in [3.05, 3.63) is 51.1 Å². The van der Waals surface area contributed by atoms with Crippen molar-refractivity contribution in [2.24, 2.45) is 0 Å². The number of carbonyl (C=O) groups excluding carboxylic acids is 1. The molecule has 0 atom stereocenters. The second-order valence-corrected chi connectivity index (χ2v) is 9.03. The summed E-state index contributed by atoms with van der Waals surface area (Å²) in [4.78, 5) is 19.5. The van der Waals surface area contributed by atoms with E-state index in [1.807, 2.05) is 41.1 Å². The van der Waals surface area contributed by atoms with Crippen molar-refractivity contribution in [3.63, 3.8) is 0 Å². The summed E-state index contributed by atoms with van der Waals surface area (Å²) in [6.07, 6.45) is 0. The number of aromatic nitrogens is 3. The predicted molar refractivity (Wildman–Crippen MR) is 113 cm³/mol. The van der Waals surface area contributed by atoms with Crippen LogP contribution in [-0.4, -0.2) is 50.2 Å².